The lowest BCUT2D eigenvalue weighted by atomic mass is 10.00. The van der Waals surface area contributed by atoms with Gasteiger partial charge >= 0.3 is 5.97 Å². The predicted octanol–water partition coefficient (Wildman–Crippen LogP) is 3.12. The summed E-state index contributed by atoms with van der Waals surface area (Å²) in [5.74, 6) is -0.466. The van der Waals surface area contributed by atoms with Gasteiger partial charge in [0.2, 0.25) is 0 Å². The van der Waals surface area contributed by atoms with Gasteiger partial charge in [-0.2, -0.15) is 0 Å². The van der Waals surface area contributed by atoms with Gasteiger partial charge in [0.15, 0.2) is 0 Å². The van der Waals surface area contributed by atoms with Gasteiger partial charge in [0.25, 0.3) is 0 Å². The zero-order chi connectivity index (χ0) is 13.9. The molecule has 0 aliphatic rings. The molecule has 0 heterocycles. The minimum atomic E-state index is -0.990. The standard InChI is InChI=1S/C14H22N2O2/c1-5-8(2)10(4)16-11-6-9(3)13(15)12(7-11)14(17)18/h6-8,10,16H,5,15H2,1-4H3,(H,17,18). The van der Waals surface area contributed by atoms with Gasteiger partial charge in [-0.05, 0) is 37.5 Å². The molecule has 0 fully saturated rings. The molecule has 1 aromatic rings. The lowest BCUT2D eigenvalue weighted by Gasteiger charge is -2.22. The van der Waals surface area contributed by atoms with Crippen LogP contribution in [0.15, 0.2) is 12.1 Å². The molecule has 0 aliphatic carbocycles. The van der Waals surface area contributed by atoms with Crippen molar-refractivity contribution in [1.82, 2.24) is 0 Å². The number of carboxylic acid groups (broad SMARTS) is 1. The monoisotopic (exact) mass is 250 g/mol. The van der Waals surface area contributed by atoms with Gasteiger partial charge in [-0.1, -0.05) is 20.3 Å². The lowest BCUT2D eigenvalue weighted by Crippen LogP contribution is -2.23. The molecule has 0 bridgehead atoms. The van der Waals surface area contributed by atoms with Gasteiger partial charge in [-0.15, -0.1) is 0 Å². The molecule has 2 unspecified atom stereocenters. The van der Waals surface area contributed by atoms with Gasteiger partial charge in [-0.25, -0.2) is 4.79 Å². The van der Waals surface area contributed by atoms with Gasteiger partial charge in [0.05, 0.1) is 5.56 Å². The van der Waals surface area contributed by atoms with Crippen LogP contribution in [0, 0.1) is 12.8 Å². The molecule has 100 valence electrons. The molecular weight excluding hydrogens is 228 g/mol. The second-order valence-electron chi connectivity index (χ2n) is 4.88. The molecule has 18 heavy (non-hydrogen) atoms. The molecule has 0 saturated carbocycles. The number of hydrogen-bond donors (Lipinski definition) is 3. The minimum absolute atomic E-state index is 0.161. The Labute approximate surface area is 108 Å². The number of rotatable bonds is 5. The summed E-state index contributed by atoms with van der Waals surface area (Å²) in [4.78, 5) is 11.1. The Balaban J connectivity index is 3.01. The summed E-state index contributed by atoms with van der Waals surface area (Å²) in [5.41, 5.74) is 7.86. The number of carboxylic acids is 1. The second kappa shape index (κ2) is 5.76. The van der Waals surface area contributed by atoms with E-state index < -0.39 is 5.97 Å². The fraction of sp³-hybridized carbons (Fsp3) is 0.500. The number of hydrogen-bond acceptors (Lipinski definition) is 3. The summed E-state index contributed by atoms with van der Waals surface area (Å²) in [7, 11) is 0. The quantitative estimate of drug-likeness (QED) is 0.702. The number of aromatic carboxylic acids is 1. The lowest BCUT2D eigenvalue weighted by molar-refractivity contribution is 0.0698. The predicted molar refractivity (Wildman–Crippen MR) is 75.1 cm³/mol. The molecule has 4 heteroatoms. The zero-order valence-corrected chi connectivity index (χ0v) is 11.4. The van der Waals surface area contributed by atoms with Gasteiger partial charge in [0, 0.05) is 17.4 Å². The number of nitrogen functional groups attached to an aromatic ring is 1. The number of anilines is 2. The van der Waals surface area contributed by atoms with Gasteiger partial charge < -0.3 is 16.2 Å². The highest BCUT2D eigenvalue weighted by atomic mass is 16.4. The highest BCUT2D eigenvalue weighted by molar-refractivity contribution is 5.95. The number of nitrogens with two attached hydrogens (primary N) is 1. The van der Waals surface area contributed by atoms with Crippen molar-refractivity contribution in [2.24, 2.45) is 5.92 Å². The van der Waals surface area contributed by atoms with Crippen LogP contribution < -0.4 is 11.1 Å². The Morgan fingerprint density at radius 1 is 1.44 bits per heavy atom. The summed E-state index contributed by atoms with van der Waals surface area (Å²) >= 11 is 0. The Morgan fingerprint density at radius 3 is 2.56 bits per heavy atom. The van der Waals surface area contributed by atoms with E-state index in [2.05, 4.69) is 26.1 Å². The van der Waals surface area contributed by atoms with Crippen molar-refractivity contribution >= 4 is 17.3 Å². The molecule has 2 atom stereocenters. The Kier molecular flexibility index (Phi) is 4.59. The van der Waals surface area contributed by atoms with E-state index in [1.165, 1.54) is 0 Å². The van der Waals surface area contributed by atoms with E-state index in [0.29, 0.717) is 17.6 Å². The third-order valence-corrected chi connectivity index (χ3v) is 3.51. The maximum atomic E-state index is 11.1. The fourth-order valence-electron chi connectivity index (χ4n) is 1.82. The smallest absolute Gasteiger partial charge is 0.337 e. The second-order valence-corrected chi connectivity index (χ2v) is 4.88. The number of benzene rings is 1. The van der Waals surface area contributed by atoms with Crippen LogP contribution in [-0.4, -0.2) is 17.1 Å². The van der Waals surface area contributed by atoms with E-state index in [1.54, 1.807) is 6.07 Å². The first-order chi connectivity index (χ1) is 8.36. The molecule has 1 aromatic carbocycles. The van der Waals surface area contributed by atoms with Crippen molar-refractivity contribution in [3.05, 3.63) is 23.3 Å². The molecule has 4 nitrogen and oxygen atoms in total. The van der Waals surface area contributed by atoms with E-state index in [4.69, 9.17) is 10.8 Å². The van der Waals surface area contributed by atoms with E-state index in [9.17, 15) is 4.79 Å². The van der Waals surface area contributed by atoms with Crippen LogP contribution in [0.3, 0.4) is 0 Å². The third-order valence-electron chi connectivity index (χ3n) is 3.51. The molecule has 0 amide bonds. The average molecular weight is 250 g/mol. The first-order valence-corrected chi connectivity index (χ1v) is 6.26. The molecule has 1 rings (SSSR count). The van der Waals surface area contributed by atoms with Crippen LogP contribution in [0.5, 0.6) is 0 Å². The van der Waals surface area contributed by atoms with E-state index >= 15 is 0 Å². The van der Waals surface area contributed by atoms with Crippen LogP contribution in [0.1, 0.15) is 43.1 Å². The van der Waals surface area contributed by atoms with Crippen LogP contribution in [0.25, 0.3) is 0 Å². The topological polar surface area (TPSA) is 75.3 Å². The van der Waals surface area contributed by atoms with Crippen molar-refractivity contribution < 1.29 is 9.90 Å². The fourth-order valence-corrected chi connectivity index (χ4v) is 1.82. The van der Waals surface area contributed by atoms with E-state index in [0.717, 1.165) is 17.7 Å². The largest absolute Gasteiger partial charge is 0.478 e. The molecule has 4 N–H and O–H groups in total. The first kappa shape index (κ1) is 14.4. The minimum Gasteiger partial charge on any atom is -0.478 e. The average Bonchev–Trinajstić information content (AvgIpc) is 2.31. The van der Waals surface area contributed by atoms with Crippen molar-refractivity contribution in [3.8, 4) is 0 Å². The number of carbonyl (C=O) groups is 1. The highest BCUT2D eigenvalue weighted by Gasteiger charge is 2.14. The maximum Gasteiger partial charge on any atom is 0.337 e. The SMILES string of the molecule is CCC(C)C(C)Nc1cc(C)c(N)c(C(=O)O)c1. The normalized spacial score (nSPS) is 14.0. The molecular formula is C14H22N2O2. The van der Waals surface area contributed by atoms with Crippen molar-refractivity contribution in [1.29, 1.82) is 0 Å². The molecule has 0 aliphatic heterocycles. The Morgan fingerprint density at radius 2 is 2.06 bits per heavy atom. The van der Waals surface area contributed by atoms with Crippen LogP contribution >= 0.6 is 0 Å². The summed E-state index contributed by atoms with van der Waals surface area (Å²) < 4.78 is 0. The van der Waals surface area contributed by atoms with E-state index in [1.807, 2.05) is 13.0 Å². The van der Waals surface area contributed by atoms with Crippen molar-refractivity contribution in [2.75, 3.05) is 11.1 Å². The molecule has 0 radical (unpaired) electrons. The molecule has 0 aromatic heterocycles. The van der Waals surface area contributed by atoms with Crippen LogP contribution in [0.2, 0.25) is 0 Å². The first-order valence-electron chi connectivity index (χ1n) is 6.26. The van der Waals surface area contributed by atoms with E-state index in [-0.39, 0.29) is 5.56 Å². The van der Waals surface area contributed by atoms with Crippen molar-refractivity contribution in [3.63, 3.8) is 0 Å². The molecule has 0 spiro atoms. The van der Waals surface area contributed by atoms with Crippen molar-refractivity contribution in [2.45, 2.75) is 40.2 Å². The summed E-state index contributed by atoms with van der Waals surface area (Å²) in [6, 6.07) is 3.78. The van der Waals surface area contributed by atoms with Gasteiger partial charge in [-0.3, -0.25) is 0 Å². The number of nitrogens with one attached hydrogen (secondary N) is 1. The summed E-state index contributed by atoms with van der Waals surface area (Å²) in [6.45, 7) is 8.22. The summed E-state index contributed by atoms with van der Waals surface area (Å²) in [5, 5.41) is 12.4. The highest BCUT2D eigenvalue weighted by Crippen LogP contribution is 2.24. The van der Waals surface area contributed by atoms with Crippen LogP contribution in [-0.2, 0) is 0 Å². The third kappa shape index (κ3) is 3.15. The van der Waals surface area contributed by atoms with Gasteiger partial charge in [0.1, 0.15) is 0 Å². The maximum absolute atomic E-state index is 11.1. The zero-order valence-electron chi connectivity index (χ0n) is 11.4. The number of aryl methyl sites for hydroxylation is 1. The Bertz CT molecular complexity index is 444. The molecule has 0 saturated heterocycles. The van der Waals surface area contributed by atoms with Crippen LogP contribution in [0.4, 0.5) is 11.4 Å². The summed E-state index contributed by atoms with van der Waals surface area (Å²) in [6.07, 6.45) is 1.08. The Hall–Kier alpha value is -1.71.